The summed E-state index contributed by atoms with van der Waals surface area (Å²) in [4.78, 5) is 24.0. The predicted octanol–water partition coefficient (Wildman–Crippen LogP) is 3.90. The van der Waals surface area contributed by atoms with Crippen molar-refractivity contribution in [3.8, 4) is 17.1 Å². The van der Waals surface area contributed by atoms with Crippen molar-refractivity contribution in [2.45, 2.75) is 6.92 Å². The smallest absolute Gasteiger partial charge is 0.338 e. The van der Waals surface area contributed by atoms with Crippen LogP contribution in [0.2, 0.25) is 0 Å². The molecule has 1 N–H and O–H groups in total. The second-order valence-corrected chi connectivity index (χ2v) is 5.90. The van der Waals surface area contributed by atoms with E-state index < -0.39 is 5.97 Å². The van der Waals surface area contributed by atoms with Gasteiger partial charge in [-0.25, -0.2) is 10.2 Å². The van der Waals surface area contributed by atoms with Gasteiger partial charge in [0.15, 0.2) is 0 Å². The molecule has 3 rings (SSSR count). The highest BCUT2D eigenvalue weighted by molar-refractivity contribution is 5.97. The van der Waals surface area contributed by atoms with Crippen LogP contribution in [0.1, 0.15) is 33.4 Å². The number of amides is 1. The van der Waals surface area contributed by atoms with Crippen molar-refractivity contribution in [3.05, 3.63) is 77.6 Å². The van der Waals surface area contributed by atoms with Crippen LogP contribution in [0.25, 0.3) is 11.3 Å². The topological polar surface area (TPSA) is 90.1 Å². The van der Waals surface area contributed by atoms with Crippen molar-refractivity contribution < 1.29 is 23.5 Å². The average Bonchev–Trinajstić information content (AvgIpc) is 3.22. The Kier molecular flexibility index (Phi) is 6.42. The highest BCUT2D eigenvalue weighted by atomic mass is 16.5. The van der Waals surface area contributed by atoms with Crippen LogP contribution in [-0.4, -0.2) is 31.8 Å². The number of rotatable bonds is 7. The number of hydrazone groups is 1. The van der Waals surface area contributed by atoms with Crippen molar-refractivity contribution in [3.63, 3.8) is 0 Å². The largest absolute Gasteiger partial charge is 0.494 e. The van der Waals surface area contributed by atoms with Gasteiger partial charge in [0.2, 0.25) is 0 Å². The van der Waals surface area contributed by atoms with E-state index in [-0.39, 0.29) is 5.91 Å². The molecule has 0 unspecified atom stereocenters. The number of hydrogen-bond donors (Lipinski definition) is 1. The van der Waals surface area contributed by atoms with Gasteiger partial charge in [0, 0.05) is 11.1 Å². The summed E-state index contributed by atoms with van der Waals surface area (Å²) in [5.41, 5.74) is 3.91. The van der Waals surface area contributed by atoms with E-state index in [0.717, 1.165) is 0 Å². The van der Waals surface area contributed by atoms with Gasteiger partial charge in [0.1, 0.15) is 17.3 Å². The lowest BCUT2D eigenvalue weighted by molar-refractivity contribution is 0.0601. The van der Waals surface area contributed by atoms with Gasteiger partial charge >= 0.3 is 5.97 Å². The van der Waals surface area contributed by atoms with Crippen LogP contribution in [-0.2, 0) is 4.74 Å². The minimum Gasteiger partial charge on any atom is -0.494 e. The number of carbonyl (C=O) groups is 2. The Balaban J connectivity index is 1.67. The molecule has 0 aliphatic rings. The first-order valence-electron chi connectivity index (χ1n) is 8.96. The molecule has 148 valence electrons. The maximum atomic E-state index is 12.1. The summed E-state index contributed by atoms with van der Waals surface area (Å²) in [5.74, 6) is 0.807. The molecular formula is C22H20N2O5. The number of esters is 1. The molecule has 0 radical (unpaired) electrons. The summed E-state index contributed by atoms with van der Waals surface area (Å²) in [6.07, 6.45) is 1.39. The molecule has 0 aliphatic carbocycles. The van der Waals surface area contributed by atoms with E-state index in [9.17, 15) is 9.59 Å². The molecule has 0 fully saturated rings. The van der Waals surface area contributed by atoms with Crippen LogP contribution in [0.15, 0.2) is 70.2 Å². The monoisotopic (exact) mass is 392 g/mol. The van der Waals surface area contributed by atoms with Crippen LogP contribution < -0.4 is 10.2 Å². The van der Waals surface area contributed by atoms with Crippen LogP contribution >= 0.6 is 0 Å². The lowest BCUT2D eigenvalue weighted by Crippen LogP contribution is -2.17. The van der Waals surface area contributed by atoms with Crippen molar-refractivity contribution >= 4 is 18.1 Å². The molecule has 1 aromatic heterocycles. The average molecular weight is 392 g/mol. The van der Waals surface area contributed by atoms with Gasteiger partial charge in [-0.2, -0.15) is 5.10 Å². The lowest BCUT2D eigenvalue weighted by atomic mass is 10.1. The summed E-state index contributed by atoms with van der Waals surface area (Å²) in [6, 6.07) is 17.1. The Bertz CT molecular complexity index is 1020. The molecule has 0 spiro atoms. The number of ether oxygens (including phenoxy) is 2. The second-order valence-electron chi connectivity index (χ2n) is 5.90. The zero-order valence-electron chi connectivity index (χ0n) is 16.0. The van der Waals surface area contributed by atoms with Crippen LogP contribution in [0, 0.1) is 0 Å². The van der Waals surface area contributed by atoms with Gasteiger partial charge in [-0.3, -0.25) is 4.79 Å². The third-order valence-electron chi connectivity index (χ3n) is 4.01. The molecule has 1 heterocycles. The summed E-state index contributed by atoms with van der Waals surface area (Å²) < 4.78 is 15.9. The fourth-order valence-corrected chi connectivity index (χ4v) is 2.64. The number of furan rings is 1. The highest BCUT2D eigenvalue weighted by Crippen LogP contribution is 2.26. The van der Waals surface area contributed by atoms with Crippen molar-refractivity contribution in [1.82, 2.24) is 5.43 Å². The Morgan fingerprint density at radius 2 is 1.83 bits per heavy atom. The van der Waals surface area contributed by atoms with Crippen molar-refractivity contribution in [2.24, 2.45) is 5.10 Å². The van der Waals surface area contributed by atoms with Crippen molar-refractivity contribution in [2.75, 3.05) is 13.7 Å². The van der Waals surface area contributed by atoms with Crippen molar-refractivity contribution in [1.29, 1.82) is 0 Å². The first-order chi connectivity index (χ1) is 14.1. The molecule has 29 heavy (non-hydrogen) atoms. The van der Waals surface area contributed by atoms with E-state index in [0.29, 0.717) is 40.6 Å². The molecule has 0 saturated heterocycles. The minimum absolute atomic E-state index is 0.355. The molecule has 1 amide bonds. The molecule has 7 heteroatoms. The number of benzene rings is 2. The van der Waals surface area contributed by atoms with Gasteiger partial charge in [-0.05, 0) is 49.4 Å². The van der Waals surface area contributed by atoms with Gasteiger partial charge in [0.05, 0.1) is 25.5 Å². The standard InChI is InChI=1S/C22H20N2O5/c1-3-28-16-10-8-15(9-11-16)21(25)24-23-14-17-12-13-20(29-17)18-6-4-5-7-19(18)22(26)27-2/h4-14H,3H2,1-2H3,(H,24,25)/b23-14-. The number of nitrogens with one attached hydrogen (secondary N) is 1. The summed E-state index contributed by atoms with van der Waals surface area (Å²) in [7, 11) is 1.33. The Labute approximate surface area is 167 Å². The van der Waals surface area contributed by atoms with Gasteiger partial charge in [0.25, 0.3) is 5.91 Å². The Morgan fingerprint density at radius 1 is 1.07 bits per heavy atom. The Hall–Kier alpha value is -3.87. The van der Waals surface area contributed by atoms with Gasteiger partial charge < -0.3 is 13.9 Å². The SMILES string of the molecule is CCOc1ccc(C(=O)N/N=C\c2ccc(-c3ccccc3C(=O)OC)o2)cc1. The quantitative estimate of drug-likeness (QED) is 0.374. The molecule has 0 atom stereocenters. The fourth-order valence-electron chi connectivity index (χ4n) is 2.64. The zero-order valence-corrected chi connectivity index (χ0v) is 16.0. The molecule has 3 aromatic rings. The minimum atomic E-state index is -0.449. The van der Waals surface area contributed by atoms with E-state index in [1.807, 2.05) is 6.92 Å². The van der Waals surface area contributed by atoms with E-state index in [2.05, 4.69) is 10.5 Å². The molecule has 0 saturated carbocycles. The van der Waals surface area contributed by atoms with Gasteiger partial charge in [-0.15, -0.1) is 0 Å². The first kappa shape index (κ1) is 19.9. The highest BCUT2D eigenvalue weighted by Gasteiger charge is 2.15. The molecule has 0 bridgehead atoms. The van der Waals surface area contributed by atoms with Crippen LogP contribution in [0.3, 0.4) is 0 Å². The summed E-state index contributed by atoms with van der Waals surface area (Å²) in [5, 5.41) is 3.92. The second kappa shape index (κ2) is 9.36. The summed E-state index contributed by atoms with van der Waals surface area (Å²) >= 11 is 0. The normalized spacial score (nSPS) is 10.7. The first-order valence-corrected chi connectivity index (χ1v) is 8.96. The number of nitrogens with zero attached hydrogens (tertiary/aromatic N) is 1. The van der Waals surface area contributed by atoms with E-state index in [4.69, 9.17) is 13.9 Å². The molecule has 0 aliphatic heterocycles. The van der Waals surface area contributed by atoms with E-state index in [1.54, 1.807) is 60.7 Å². The third kappa shape index (κ3) is 4.90. The van der Waals surface area contributed by atoms with E-state index in [1.165, 1.54) is 13.3 Å². The van der Waals surface area contributed by atoms with Crippen LogP contribution in [0.4, 0.5) is 0 Å². The number of hydrogen-bond acceptors (Lipinski definition) is 6. The summed E-state index contributed by atoms with van der Waals surface area (Å²) in [6.45, 7) is 2.45. The third-order valence-corrected chi connectivity index (χ3v) is 4.01. The lowest BCUT2D eigenvalue weighted by Gasteiger charge is -2.04. The molecular weight excluding hydrogens is 372 g/mol. The van der Waals surface area contributed by atoms with Crippen LogP contribution in [0.5, 0.6) is 5.75 Å². The number of carbonyl (C=O) groups excluding carboxylic acids is 2. The molecule has 2 aromatic carbocycles. The number of methoxy groups -OCH3 is 1. The van der Waals surface area contributed by atoms with E-state index >= 15 is 0 Å². The molecule has 7 nitrogen and oxygen atoms in total. The fraction of sp³-hybridized carbons (Fsp3) is 0.136. The zero-order chi connectivity index (χ0) is 20.6. The predicted molar refractivity (Wildman–Crippen MR) is 108 cm³/mol. The van der Waals surface area contributed by atoms with Gasteiger partial charge in [-0.1, -0.05) is 18.2 Å². The maximum Gasteiger partial charge on any atom is 0.338 e. The Morgan fingerprint density at radius 3 is 2.55 bits per heavy atom. The maximum absolute atomic E-state index is 12.1.